The summed E-state index contributed by atoms with van der Waals surface area (Å²) in [7, 11) is 0. The highest BCUT2D eigenvalue weighted by Crippen LogP contribution is 2.35. The molecule has 0 saturated heterocycles. The van der Waals surface area contributed by atoms with Gasteiger partial charge in [0.05, 0.1) is 11.8 Å². The fourth-order valence-electron chi connectivity index (χ4n) is 2.58. The van der Waals surface area contributed by atoms with Crippen molar-refractivity contribution in [3.63, 3.8) is 0 Å². The van der Waals surface area contributed by atoms with E-state index in [0.29, 0.717) is 23.4 Å². The average Bonchev–Trinajstić information content (AvgIpc) is 2.57. The summed E-state index contributed by atoms with van der Waals surface area (Å²) in [6.45, 7) is 5.00. The molecule has 0 aromatic heterocycles. The smallest absolute Gasteiger partial charge is 0.268 e. The number of nitrogens with zero attached hydrogens (tertiary/aromatic N) is 1. The topological polar surface area (TPSA) is 95.9 Å². The molecule has 0 fully saturated rings. The zero-order valence-corrected chi connectivity index (χ0v) is 14.7. The summed E-state index contributed by atoms with van der Waals surface area (Å²) in [5.41, 5.74) is 0.901. The number of aliphatic hydroxyl groups is 1. The van der Waals surface area contributed by atoms with Crippen molar-refractivity contribution in [2.45, 2.75) is 45.8 Å². The van der Waals surface area contributed by atoms with Crippen LogP contribution < -0.4 is 15.0 Å². The number of ketones is 1. The first-order valence-corrected chi connectivity index (χ1v) is 8.43. The summed E-state index contributed by atoms with van der Waals surface area (Å²) >= 11 is 0. The largest absolute Gasteiger partial charge is 0.479 e. The summed E-state index contributed by atoms with van der Waals surface area (Å²) < 4.78 is 5.57. The third-order valence-corrected chi connectivity index (χ3v) is 3.86. The lowest BCUT2D eigenvalue weighted by Crippen LogP contribution is -2.49. The average molecular weight is 348 g/mol. The highest BCUT2D eigenvalue weighted by atomic mass is 16.5. The Morgan fingerprint density at radius 3 is 2.76 bits per heavy atom. The van der Waals surface area contributed by atoms with Gasteiger partial charge in [-0.2, -0.15) is 0 Å². The Labute approximate surface area is 147 Å². The second kappa shape index (κ2) is 8.11. The summed E-state index contributed by atoms with van der Waals surface area (Å²) in [5, 5.41) is 11.8. The van der Waals surface area contributed by atoms with E-state index in [0.717, 1.165) is 6.42 Å². The minimum absolute atomic E-state index is 0.0186. The summed E-state index contributed by atoms with van der Waals surface area (Å²) in [6.07, 6.45) is -0.240. The van der Waals surface area contributed by atoms with Gasteiger partial charge in [-0.1, -0.05) is 6.92 Å². The second-order valence-corrected chi connectivity index (χ2v) is 6.19. The van der Waals surface area contributed by atoms with Gasteiger partial charge in [0.15, 0.2) is 11.9 Å². The summed E-state index contributed by atoms with van der Waals surface area (Å²) in [5.74, 6) is -0.294. The molecule has 2 N–H and O–H groups in total. The van der Waals surface area contributed by atoms with Crippen LogP contribution in [0.25, 0.3) is 0 Å². The first-order chi connectivity index (χ1) is 11.8. The van der Waals surface area contributed by atoms with E-state index in [1.807, 2.05) is 6.92 Å². The number of ether oxygens (including phenoxy) is 1. The normalized spacial score (nSPS) is 17.5. The number of amides is 2. The van der Waals surface area contributed by atoms with E-state index in [-0.39, 0.29) is 30.7 Å². The van der Waals surface area contributed by atoms with E-state index < -0.39 is 12.2 Å². The first-order valence-electron chi connectivity index (χ1n) is 8.43. The lowest BCUT2D eigenvalue weighted by Gasteiger charge is -2.33. The molecule has 0 aliphatic carbocycles. The van der Waals surface area contributed by atoms with E-state index in [1.165, 1.54) is 4.90 Å². The number of benzene rings is 1. The van der Waals surface area contributed by atoms with Crippen molar-refractivity contribution in [2.24, 2.45) is 0 Å². The van der Waals surface area contributed by atoms with Gasteiger partial charge in [-0.15, -0.1) is 0 Å². The van der Waals surface area contributed by atoms with Crippen molar-refractivity contribution < 1.29 is 24.2 Å². The van der Waals surface area contributed by atoms with Crippen molar-refractivity contribution in [1.82, 2.24) is 5.32 Å². The molecule has 2 rings (SSSR count). The van der Waals surface area contributed by atoms with Crippen molar-refractivity contribution in [3.8, 4) is 5.75 Å². The molecule has 2 unspecified atom stereocenters. The Morgan fingerprint density at radius 2 is 2.12 bits per heavy atom. The van der Waals surface area contributed by atoms with Crippen LogP contribution in [0.5, 0.6) is 5.75 Å². The molecule has 136 valence electrons. The molecule has 2 amide bonds. The molecule has 1 heterocycles. The van der Waals surface area contributed by atoms with Gasteiger partial charge in [0.2, 0.25) is 5.91 Å². The van der Waals surface area contributed by atoms with Crippen LogP contribution in [0.15, 0.2) is 18.2 Å². The van der Waals surface area contributed by atoms with Crippen LogP contribution in [0.3, 0.4) is 0 Å². The van der Waals surface area contributed by atoms with Gasteiger partial charge in [-0.05, 0) is 38.5 Å². The molecule has 25 heavy (non-hydrogen) atoms. The molecule has 0 radical (unpaired) electrons. The highest BCUT2D eigenvalue weighted by molar-refractivity contribution is 6.05. The number of fused-ring (bicyclic) bond motifs is 1. The Hall–Kier alpha value is -2.41. The van der Waals surface area contributed by atoms with Gasteiger partial charge in [0.1, 0.15) is 12.3 Å². The van der Waals surface area contributed by atoms with E-state index in [2.05, 4.69) is 5.32 Å². The Kier molecular flexibility index (Phi) is 6.14. The predicted molar refractivity (Wildman–Crippen MR) is 92.8 cm³/mol. The van der Waals surface area contributed by atoms with Crippen LogP contribution in [0.4, 0.5) is 5.69 Å². The molecule has 0 spiro atoms. The molecule has 1 aromatic carbocycles. The maximum atomic E-state index is 12.5. The monoisotopic (exact) mass is 348 g/mol. The Bertz CT molecular complexity index is 671. The number of rotatable bonds is 7. The van der Waals surface area contributed by atoms with E-state index in [9.17, 15) is 19.5 Å². The fraction of sp³-hybridized carbons (Fsp3) is 0.500. The van der Waals surface area contributed by atoms with Gasteiger partial charge in [0.25, 0.3) is 5.91 Å². The zero-order valence-electron chi connectivity index (χ0n) is 14.7. The molecule has 1 aliphatic rings. The third-order valence-electron chi connectivity index (χ3n) is 3.86. The fourth-order valence-corrected chi connectivity index (χ4v) is 2.58. The maximum Gasteiger partial charge on any atom is 0.268 e. The molecule has 1 aromatic rings. The molecule has 1 aliphatic heterocycles. The number of Topliss-reactive ketones (excluding diaryl/α,β-unsaturated/α-hetero) is 1. The SMILES string of the molecule is CCCC(=O)c1ccc2c(c1)N(CC(=O)NCC(C)O)C(=O)C(C)O2. The lowest BCUT2D eigenvalue weighted by molar-refractivity contribution is -0.128. The van der Waals surface area contributed by atoms with E-state index in [1.54, 1.807) is 32.0 Å². The van der Waals surface area contributed by atoms with Crippen LogP contribution in [0, 0.1) is 0 Å². The highest BCUT2D eigenvalue weighted by Gasteiger charge is 2.33. The number of anilines is 1. The second-order valence-electron chi connectivity index (χ2n) is 6.19. The zero-order chi connectivity index (χ0) is 18.6. The molecule has 7 nitrogen and oxygen atoms in total. The molecule has 0 bridgehead atoms. The van der Waals surface area contributed by atoms with Gasteiger partial charge >= 0.3 is 0 Å². The van der Waals surface area contributed by atoms with Crippen LogP contribution in [0.1, 0.15) is 44.0 Å². The minimum atomic E-state index is -0.714. The Balaban J connectivity index is 2.27. The molecular weight excluding hydrogens is 324 g/mol. The van der Waals surface area contributed by atoms with Crippen molar-refractivity contribution in [3.05, 3.63) is 23.8 Å². The number of hydrogen-bond acceptors (Lipinski definition) is 5. The summed E-state index contributed by atoms with van der Waals surface area (Å²) in [4.78, 5) is 38.0. The predicted octanol–water partition coefficient (Wildman–Crippen LogP) is 1.28. The molecular formula is C18H24N2O5. The molecule has 2 atom stereocenters. The summed E-state index contributed by atoms with van der Waals surface area (Å²) in [6, 6.07) is 4.92. The number of carbonyl (C=O) groups is 3. The minimum Gasteiger partial charge on any atom is -0.479 e. The molecule has 0 saturated carbocycles. The maximum absolute atomic E-state index is 12.5. The van der Waals surface area contributed by atoms with Gasteiger partial charge < -0.3 is 15.2 Å². The van der Waals surface area contributed by atoms with E-state index >= 15 is 0 Å². The standard InChI is InChI=1S/C18H24N2O5/c1-4-5-15(22)13-6-7-16-14(8-13)20(18(24)12(3)25-16)10-17(23)19-9-11(2)21/h6-8,11-12,21H,4-5,9-10H2,1-3H3,(H,19,23). The van der Waals surface area contributed by atoms with Gasteiger partial charge in [-0.3, -0.25) is 19.3 Å². The Morgan fingerprint density at radius 1 is 1.40 bits per heavy atom. The van der Waals surface area contributed by atoms with Crippen molar-refractivity contribution in [1.29, 1.82) is 0 Å². The van der Waals surface area contributed by atoms with Gasteiger partial charge in [-0.25, -0.2) is 0 Å². The van der Waals surface area contributed by atoms with Crippen LogP contribution in [0.2, 0.25) is 0 Å². The van der Waals surface area contributed by atoms with Crippen LogP contribution in [-0.2, 0) is 9.59 Å². The number of carbonyl (C=O) groups excluding carboxylic acids is 3. The van der Waals surface area contributed by atoms with Crippen molar-refractivity contribution in [2.75, 3.05) is 18.0 Å². The van der Waals surface area contributed by atoms with Crippen LogP contribution in [-0.4, -0.2) is 48.0 Å². The van der Waals surface area contributed by atoms with Gasteiger partial charge in [0, 0.05) is 18.5 Å². The van der Waals surface area contributed by atoms with E-state index in [4.69, 9.17) is 4.74 Å². The van der Waals surface area contributed by atoms with Crippen LogP contribution >= 0.6 is 0 Å². The quantitative estimate of drug-likeness (QED) is 0.724. The van der Waals surface area contributed by atoms with Crippen molar-refractivity contribution >= 4 is 23.3 Å². The first kappa shape index (κ1) is 18.9. The number of nitrogens with one attached hydrogen (secondary N) is 1. The number of aliphatic hydroxyl groups excluding tert-OH is 1. The number of hydrogen-bond donors (Lipinski definition) is 2. The third kappa shape index (κ3) is 4.57. The molecule has 7 heteroatoms. The lowest BCUT2D eigenvalue weighted by atomic mass is 10.0.